The second-order valence-corrected chi connectivity index (χ2v) is 6.95. The zero-order valence-corrected chi connectivity index (χ0v) is 16.4. The maximum Gasteiger partial charge on any atom is 0.272 e. The summed E-state index contributed by atoms with van der Waals surface area (Å²) in [6.45, 7) is 4.27. The molecular weight excluding hydrogens is 354 g/mol. The highest BCUT2D eigenvalue weighted by molar-refractivity contribution is 6.10. The van der Waals surface area contributed by atoms with Crippen LogP contribution in [0.5, 0.6) is 11.5 Å². The monoisotopic (exact) mass is 377 g/mol. The van der Waals surface area contributed by atoms with Crippen LogP contribution >= 0.6 is 0 Å². The number of fused-ring (bicyclic) bond motifs is 2. The predicted octanol–water partition coefficient (Wildman–Crippen LogP) is 4.97. The molecule has 0 aliphatic rings. The molecule has 0 unspecified atom stereocenters. The van der Waals surface area contributed by atoms with Gasteiger partial charge in [-0.25, -0.2) is 0 Å². The van der Waals surface area contributed by atoms with Crippen LogP contribution in [0.15, 0.2) is 48.7 Å². The van der Waals surface area contributed by atoms with E-state index < -0.39 is 0 Å². The van der Waals surface area contributed by atoms with E-state index in [-0.39, 0.29) is 5.91 Å². The van der Waals surface area contributed by atoms with Crippen LogP contribution < -0.4 is 14.8 Å². The summed E-state index contributed by atoms with van der Waals surface area (Å²) in [6.07, 6.45) is 2.05. The summed E-state index contributed by atoms with van der Waals surface area (Å²) in [5.41, 5.74) is 3.04. The first-order valence-electron chi connectivity index (χ1n) is 9.18. The van der Waals surface area contributed by atoms with Crippen molar-refractivity contribution in [3.63, 3.8) is 0 Å². The minimum atomic E-state index is -0.217. The number of hydrogen-bond acceptors (Lipinski definition) is 3. The number of methoxy groups -OCH3 is 2. The molecule has 0 aliphatic carbocycles. The van der Waals surface area contributed by atoms with Crippen LogP contribution in [0.2, 0.25) is 0 Å². The number of amides is 1. The number of rotatable bonds is 5. The van der Waals surface area contributed by atoms with Crippen LogP contribution in [0.25, 0.3) is 21.8 Å². The molecule has 4 rings (SSSR count). The van der Waals surface area contributed by atoms with Gasteiger partial charge in [0.15, 0.2) is 0 Å². The first-order chi connectivity index (χ1) is 13.5. The Morgan fingerprint density at radius 1 is 1.04 bits per heavy atom. The number of ether oxygens (including phenoxy) is 2. The van der Waals surface area contributed by atoms with E-state index in [1.54, 1.807) is 20.3 Å². The number of nitrogens with zero attached hydrogens (tertiary/aromatic N) is 1. The van der Waals surface area contributed by atoms with Crippen molar-refractivity contribution >= 4 is 33.4 Å². The Labute approximate surface area is 163 Å². The molecule has 144 valence electrons. The summed E-state index contributed by atoms with van der Waals surface area (Å²) in [4.78, 5) is 16.1. The molecular formula is C22H23N3O3. The molecule has 2 heterocycles. The fourth-order valence-corrected chi connectivity index (χ4v) is 3.58. The minimum absolute atomic E-state index is 0.217. The lowest BCUT2D eigenvalue weighted by Crippen LogP contribution is -2.12. The van der Waals surface area contributed by atoms with Crippen molar-refractivity contribution in [2.24, 2.45) is 0 Å². The highest BCUT2D eigenvalue weighted by Gasteiger charge is 2.17. The Hall–Kier alpha value is -3.41. The topological polar surface area (TPSA) is 68.3 Å². The highest BCUT2D eigenvalue weighted by Crippen LogP contribution is 2.34. The fourth-order valence-electron chi connectivity index (χ4n) is 3.58. The average Bonchev–Trinajstić information content (AvgIpc) is 3.32. The predicted molar refractivity (Wildman–Crippen MR) is 112 cm³/mol. The lowest BCUT2D eigenvalue weighted by atomic mass is 10.2. The average molecular weight is 377 g/mol. The number of anilines is 1. The van der Waals surface area contributed by atoms with E-state index in [1.165, 1.54) is 0 Å². The van der Waals surface area contributed by atoms with Gasteiger partial charge in [-0.15, -0.1) is 0 Å². The molecule has 6 nitrogen and oxygen atoms in total. The molecule has 2 N–H and O–H groups in total. The number of benzene rings is 2. The summed E-state index contributed by atoms with van der Waals surface area (Å²) in [5, 5.41) is 4.84. The van der Waals surface area contributed by atoms with Gasteiger partial charge < -0.3 is 24.3 Å². The van der Waals surface area contributed by atoms with Gasteiger partial charge in [0.05, 0.1) is 30.9 Å². The van der Waals surface area contributed by atoms with Crippen molar-refractivity contribution in [1.29, 1.82) is 0 Å². The van der Waals surface area contributed by atoms with Crippen molar-refractivity contribution in [1.82, 2.24) is 9.55 Å². The van der Waals surface area contributed by atoms with Gasteiger partial charge in [-0.05, 0) is 50.2 Å². The highest BCUT2D eigenvalue weighted by atomic mass is 16.5. The second-order valence-electron chi connectivity index (χ2n) is 6.95. The molecule has 0 atom stereocenters. The van der Waals surface area contributed by atoms with Gasteiger partial charge in [-0.2, -0.15) is 0 Å². The summed E-state index contributed by atoms with van der Waals surface area (Å²) in [7, 11) is 3.20. The Bertz CT molecular complexity index is 1130. The SMILES string of the molecule is COc1ccc(OC)c2[nH]c(C(=O)Nc3cccc4c3ccn4C(C)C)cc12. The first-order valence-corrected chi connectivity index (χ1v) is 9.18. The largest absolute Gasteiger partial charge is 0.496 e. The van der Waals surface area contributed by atoms with E-state index >= 15 is 0 Å². The summed E-state index contributed by atoms with van der Waals surface area (Å²) >= 11 is 0. The van der Waals surface area contributed by atoms with Gasteiger partial charge in [0.25, 0.3) is 5.91 Å². The Morgan fingerprint density at radius 2 is 1.79 bits per heavy atom. The molecule has 0 fully saturated rings. The van der Waals surface area contributed by atoms with Crippen LogP contribution in [-0.2, 0) is 0 Å². The van der Waals surface area contributed by atoms with Crippen molar-refractivity contribution in [3.8, 4) is 11.5 Å². The van der Waals surface area contributed by atoms with Crippen LogP contribution in [-0.4, -0.2) is 29.7 Å². The Kier molecular flexibility index (Phi) is 4.47. The van der Waals surface area contributed by atoms with Crippen LogP contribution in [0.1, 0.15) is 30.4 Å². The number of carbonyl (C=O) groups is 1. The zero-order valence-electron chi connectivity index (χ0n) is 16.4. The van der Waals surface area contributed by atoms with Crippen molar-refractivity contribution in [2.45, 2.75) is 19.9 Å². The maximum absolute atomic E-state index is 12.9. The van der Waals surface area contributed by atoms with E-state index in [0.29, 0.717) is 23.2 Å². The number of hydrogen-bond donors (Lipinski definition) is 2. The van der Waals surface area contributed by atoms with E-state index in [9.17, 15) is 4.79 Å². The number of aromatic nitrogens is 2. The van der Waals surface area contributed by atoms with E-state index in [2.05, 4.69) is 34.8 Å². The summed E-state index contributed by atoms with van der Waals surface area (Å²) in [6, 6.07) is 13.7. The summed E-state index contributed by atoms with van der Waals surface area (Å²) in [5.74, 6) is 1.12. The van der Waals surface area contributed by atoms with Gasteiger partial charge in [-0.3, -0.25) is 4.79 Å². The van der Waals surface area contributed by atoms with Crippen LogP contribution in [0.3, 0.4) is 0 Å². The van der Waals surface area contributed by atoms with Crippen LogP contribution in [0.4, 0.5) is 5.69 Å². The minimum Gasteiger partial charge on any atom is -0.496 e. The summed E-state index contributed by atoms with van der Waals surface area (Å²) < 4.78 is 13.0. The lowest BCUT2D eigenvalue weighted by Gasteiger charge is -2.10. The zero-order chi connectivity index (χ0) is 19.8. The Balaban J connectivity index is 1.72. The van der Waals surface area contributed by atoms with Crippen molar-refractivity contribution < 1.29 is 14.3 Å². The van der Waals surface area contributed by atoms with E-state index in [0.717, 1.165) is 27.5 Å². The van der Waals surface area contributed by atoms with E-state index in [4.69, 9.17) is 9.47 Å². The third-order valence-corrected chi connectivity index (χ3v) is 4.97. The molecule has 2 aromatic heterocycles. The molecule has 0 spiro atoms. The molecule has 28 heavy (non-hydrogen) atoms. The van der Waals surface area contributed by atoms with Crippen LogP contribution in [0, 0.1) is 0 Å². The number of carbonyl (C=O) groups excluding carboxylic acids is 1. The quantitative estimate of drug-likeness (QED) is 0.516. The van der Waals surface area contributed by atoms with Gasteiger partial charge in [0, 0.05) is 23.0 Å². The van der Waals surface area contributed by atoms with Gasteiger partial charge >= 0.3 is 0 Å². The molecule has 2 aromatic carbocycles. The molecule has 6 heteroatoms. The van der Waals surface area contributed by atoms with E-state index in [1.807, 2.05) is 36.5 Å². The van der Waals surface area contributed by atoms with Gasteiger partial charge in [0.2, 0.25) is 0 Å². The molecule has 0 saturated carbocycles. The standard InChI is InChI=1S/C22H23N3O3/c1-13(2)25-11-10-14-16(6-5-7-18(14)25)24-22(26)17-12-15-19(27-3)8-9-20(28-4)21(15)23-17/h5-13,23H,1-4H3,(H,24,26). The first kappa shape index (κ1) is 18.0. The third kappa shape index (κ3) is 2.87. The molecule has 4 aromatic rings. The molecule has 0 radical (unpaired) electrons. The molecule has 1 amide bonds. The lowest BCUT2D eigenvalue weighted by molar-refractivity contribution is 0.102. The molecule has 0 bridgehead atoms. The molecule has 0 saturated heterocycles. The fraction of sp³-hybridized carbons (Fsp3) is 0.227. The van der Waals surface area contributed by atoms with Gasteiger partial charge in [-0.1, -0.05) is 6.07 Å². The number of H-pyrrole nitrogens is 1. The Morgan fingerprint density at radius 3 is 2.50 bits per heavy atom. The number of nitrogens with one attached hydrogen (secondary N) is 2. The molecule has 0 aliphatic heterocycles. The normalized spacial score (nSPS) is 11.3. The third-order valence-electron chi connectivity index (χ3n) is 4.97. The van der Waals surface area contributed by atoms with Gasteiger partial charge in [0.1, 0.15) is 17.2 Å². The number of aromatic amines is 1. The van der Waals surface area contributed by atoms with Crippen molar-refractivity contribution in [3.05, 3.63) is 54.4 Å². The second kappa shape index (κ2) is 6.96. The maximum atomic E-state index is 12.9. The van der Waals surface area contributed by atoms with Crippen molar-refractivity contribution in [2.75, 3.05) is 19.5 Å². The smallest absolute Gasteiger partial charge is 0.272 e.